The van der Waals surface area contributed by atoms with Gasteiger partial charge in [-0.05, 0) is 0 Å². The van der Waals surface area contributed by atoms with Gasteiger partial charge in [0.1, 0.15) is 12.4 Å². The quantitative estimate of drug-likeness (QED) is 0.585. The molecule has 0 aliphatic rings. The largest absolute Gasteiger partial charge is 0.473 e. The van der Waals surface area contributed by atoms with Crippen LogP contribution in [0.5, 0.6) is 5.88 Å². The lowest BCUT2D eigenvalue weighted by Crippen LogP contribution is -2.07. The SMILES string of the molecule is CS(=O)(=O)c1c(OCCO)n[nH]c1N. The molecule has 80 valence electrons. The molecule has 14 heavy (non-hydrogen) atoms. The van der Waals surface area contributed by atoms with E-state index in [2.05, 4.69) is 10.2 Å². The van der Waals surface area contributed by atoms with Crippen molar-refractivity contribution in [2.45, 2.75) is 4.90 Å². The predicted molar refractivity (Wildman–Crippen MR) is 48.7 cm³/mol. The van der Waals surface area contributed by atoms with E-state index in [-0.39, 0.29) is 29.8 Å². The maximum Gasteiger partial charge on any atom is 0.253 e. The van der Waals surface area contributed by atoms with Crippen LogP contribution in [0.1, 0.15) is 0 Å². The monoisotopic (exact) mass is 221 g/mol. The molecule has 0 spiro atoms. The molecule has 0 radical (unpaired) electrons. The Labute approximate surface area is 80.8 Å². The number of nitrogens with one attached hydrogen (secondary N) is 1. The Bertz CT molecular complexity index is 411. The highest BCUT2D eigenvalue weighted by Gasteiger charge is 2.22. The number of hydrogen-bond acceptors (Lipinski definition) is 6. The highest BCUT2D eigenvalue weighted by atomic mass is 32.2. The zero-order valence-electron chi connectivity index (χ0n) is 7.52. The molecule has 1 aromatic rings. The smallest absolute Gasteiger partial charge is 0.253 e. The molecular formula is C6H11N3O4S. The first-order chi connectivity index (χ1) is 6.46. The Balaban J connectivity index is 3.07. The molecule has 0 aromatic carbocycles. The first-order valence-corrected chi connectivity index (χ1v) is 5.63. The molecule has 0 amide bonds. The zero-order valence-corrected chi connectivity index (χ0v) is 8.34. The number of ether oxygens (including phenoxy) is 1. The average molecular weight is 221 g/mol. The lowest BCUT2D eigenvalue weighted by molar-refractivity contribution is 0.193. The number of nitrogens with two attached hydrogens (primary N) is 1. The van der Waals surface area contributed by atoms with Crippen LogP contribution in [0.3, 0.4) is 0 Å². The maximum absolute atomic E-state index is 11.2. The molecule has 0 saturated carbocycles. The molecule has 0 aliphatic heterocycles. The van der Waals surface area contributed by atoms with Gasteiger partial charge < -0.3 is 15.6 Å². The summed E-state index contributed by atoms with van der Waals surface area (Å²) in [6.07, 6.45) is 1.00. The lowest BCUT2D eigenvalue weighted by atomic mass is 10.6. The number of nitrogen functional groups attached to an aromatic ring is 1. The van der Waals surface area contributed by atoms with E-state index in [1.54, 1.807) is 0 Å². The van der Waals surface area contributed by atoms with Crippen LogP contribution in [-0.2, 0) is 9.84 Å². The Morgan fingerprint density at radius 3 is 2.79 bits per heavy atom. The van der Waals surface area contributed by atoms with Crippen molar-refractivity contribution in [2.75, 3.05) is 25.2 Å². The molecule has 0 fully saturated rings. The number of aromatic nitrogens is 2. The molecular weight excluding hydrogens is 210 g/mol. The van der Waals surface area contributed by atoms with Crippen molar-refractivity contribution >= 4 is 15.7 Å². The summed E-state index contributed by atoms with van der Waals surface area (Å²) in [6.45, 7) is -0.261. The number of anilines is 1. The standard InChI is InChI=1S/C6H11N3O4S/c1-14(11,12)4-5(7)8-9-6(4)13-3-2-10/h10H,2-3H2,1H3,(H3,7,8,9). The molecule has 1 aromatic heterocycles. The minimum absolute atomic E-state index is 0.0349. The molecule has 1 rings (SSSR count). The summed E-state index contributed by atoms with van der Waals surface area (Å²) in [4.78, 5) is -0.175. The van der Waals surface area contributed by atoms with Crippen molar-refractivity contribution in [3.8, 4) is 5.88 Å². The lowest BCUT2D eigenvalue weighted by Gasteiger charge is -2.02. The first kappa shape index (κ1) is 10.8. The van der Waals surface area contributed by atoms with Crippen molar-refractivity contribution in [3.05, 3.63) is 0 Å². The molecule has 0 unspecified atom stereocenters. The number of nitrogens with zero attached hydrogens (tertiary/aromatic N) is 1. The number of aliphatic hydroxyl groups is 1. The van der Waals surface area contributed by atoms with E-state index in [0.717, 1.165) is 6.26 Å². The van der Waals surface area contributed by atoms with E-state index in [9.17, 15) is 8.42 Å². The van der Waals surface area contributed by atoms with Gasteiger partial charge >= 0.3 is 0 Å². The van der Waals surface area contributed by atoms with Crippen LogP contribution >= 0.6 is 0 Å². The molecule has 1 heterocycles. The zero-order chi connectivity index (χ0) is 10.8. The molecule has 7 nitrogen and oxygen atoms in total. The number of aromatic amines is 1. The summed E-state index contributed by atoms with van der Waals surface area (Å²) in [5.74, 6) is -0.181. The van der Waals surface area contributed by atoms with Crippen molar-refractivity contribution in [2.24, 2.45) is 0 Å². The number of H-pyrrole nitrogens is 1. The second-order valence-electron chi connectivity index (χ2n) is 2.62. The van der Waals surface area contributed by atoms with Crippen LogP contribution in [0.25, 0.3) is 0 Å². The maximum atomic E-state index is 11.2. The van der Waals surface area contributed by atoms with Crippen LogP contribution < -0.4 is 10.5 Å². The second-order valence-corrected chi connectivity index (χ2v) is 4.57. The summed E-state index contributed by atoms with van der Waals surface area (Å²) >= 11 is 0. The Hall–Kier alpha value is -1.28. The predicted octanol–water partition coefficient (Wildman–Crippen LogP) is -1.23. The third kappa shape index (κ3) is 2.15. The molecule has 0 aliphatic carbocycles. The van der Waals surface area contributed by atoms with Crippen LogP contribution in [0.2, 0.25) is 0 Å². The fourth-order valence-corrected chi connectivity index (χ4v) is 1.79. The van der Waals surface area contributed by atoms with Gasteiger partial charge in [0, 0.05) is 6.26 Å². The Morgan fingerprint density at radius 1 is 1.64 bits per heavy atom. The van der Waals surface area contributed by atoms with E-state index in [4.69, 9.17) is 15.6 Å². The van der Waals surface area contributed by atoms with Gasteiger partial charge in [0.05, 0.1) is 6.61 Å². The van der Waals surface area contributed by atoms with E-state index < -0.39 is 9.84 Å². The van der Waals surface area contributed by atoms with Crippen LogP contribution in [0.15, 0.2) is 4.90 Å². The number of aliphatic hydroxyl groups excluding tert-OH is 1. The van der Waals surface area contributed by atoms with Crippen LogP contribution in [-0.4, -0.2) is 43.2 Å². The molecule has 4 N–H and O–H groups in total. The first-order valence-electron chi connectivity index (χ1n) is 3.74. The third-order valence-corrected chi connectivity index (χ3v) is 2.55. The van der Waals surface area contributed by atoms with E-state index in [1.165, 1.54) is 0 Å². The highest BCUT2D eigenvalue weighted by molar-refractivity contribution is 7.91. The van der Waals surface area contributed by atoms with E-state index in [1.807, 2.05) is 0 Å². The van der Waals surface area contributed by atoms with Gasteiger partial charge in [0.2, 0.25) is 0 Å². The Morgan fingerprint density at radius 2 is 2.29 bits per heavy atom. The molecule has 0 bridgehead atoms. The van der Waals surface area contributed by atoms with E-state index in [0.29, 0.717) is 0 Å². The fourth-order valence-electron chi connectivity index (χ4n) is 0.926. The third-order valence-electron chi connectivity index (χ3n) is 1.42. The van der Waals surface area contributed by atoms with Crippen molar-refractivity contribution in [1.29, 1.82) is 0 Å². The molecule has 0 atom stereocenters. The normalized spacial score (nSPS) is 11.6. The summed E-state index contributed by atoms with van der Waals surface area (Å²) < 4.78 is 27.3. The molecule has 0 saturated heterocycles. The summed E-state index contributed by atoms with van der Waals surface area (Å²) in [6, 6.07) is 0. The number of hydrogen-bond donors (Lipinski definition) is 3. The van der Waals surface area contributed by atoms with Crippen LogP contribution in [0, 0.1) is 0 Å². The minimum Gasteiger partial charge on any atom is -0.473 e. The Kier molecular flexibility index (Phi) is 2.96. The van der Waals surface area contributed by atoms with Crippen molar-refractivity contribution in [3.63, 3.8) is 0 Å². The van der Waals surface area contributed by atoms with Crippen molar-refractivity contribution in [1.82, 2.24) is 10.2 Å². The van der Waals surface area contributed by atoms with Crippen LogP contribution in [0.4, 0.5) is 5.82 Å². The summed E-state index contributed by atoms with van der Waals surface area (Å²) in [5, 5.41) is 14.3. The van der Waals surface area contributed by atoms with Gasteiger partial charge in [-0.25, -0.2) is 8.42 Å². The highest BCUT2D eigenvalue weighted by Crippen LogP contribution is 2.26. The summed E-state index contributed by atoms with van der Waals surface area (Å²) in [5.41, 5.74) is 5.36. The number of sulfone groups is 1. The van der Waals surface area contributed by atoms with Gasteiger partial charge in [-0.1, -0.05) is 0 Å². The number of rotatable bonds is 4. The van der Waals surface area contributed by atoms with Gasteiger partial charge in [-0.2, -0.15) is 0 Å². The van der Waals surface area contributed by atoms with Gasteiger partial charge in [-0.3, -0.25) is 5.10 Å². The second kappa shape index (κ2) is 3.84. The fraction of sp³-hybridized carbons (Fsp3) is 0.500. The topological polar surface area (TPSA) is 118 Å². The van der Waals surface area contributed by atoms with Gasteiger partial charge in [0.25, 0.3) is 5.88 Å². The molecule has 8 heteroatoms. The van der Waals surface area contributed by atoms with Gasteiger partial charge in [-0.15, -0.1) is 5.10 Å². The van der Waals surface area contributed by atoms with Gasteiger partial charge in [0.15, 0.2) is 14.7 Å². The minimum atomic E-state index is -3.48. The van der Waals surface area contributed by atoms with E-state index >= 15 is 0 Å². The average Bonchev–Trinajstić information content (AvgIpc) is 2.42. The summed E-state index contributed by atoms with van der Waals surface area (Å²) in [7, 11) is -3.48. The van der Waals surface area contributed by atoms with Crippen molar-refractivity contribution < 1.29 is 18.3 Å².